The fourth-order valence-electron chi connectivity index (χ4n) is 4.01. The van der Waals surface area contributed by atoms with Crippen molar-refractivity contribution in [1.82, 2.24) is 10.3 Å². The number of sulfone groups is 1. The molecule has 1 N–H and O–H groups in total. The summed E-state index contributed by atoms with van der Waals surface area (Å²) in [4.78, 5) is 17.3. The lowest BCUT2D eigenvalue weighted by Gasteiger charge is -2.24. The summed E-state index contributed by atoms with van der Waals surface area (Å²) in [5, 5.41) is 3.40. The topological polar surface area (TPSA) is 85.4 Å². The number of rotatable bonds is 5. The van der Waals surface area contributed by atoms with Crippen molar-refractivity contribution in [3.05, 3.63) is 35.0 Å². The van der Waals surface area contributed by atoms with E-state index in [1.54, 1.807) is 13.0 Å². The Kier molecular flexibility index (Phi) is 6.98. The molecule has 0 bridgehead atoms. The van der Waals surface area contributed by atoms with Crippen LogP contribution in [0.4, 0.5) is 13.2 Å². The third-order valence-electron chi connectivity index (χ3n) is 5.65. The summed E-state index contributed by atoms with van der Waals surface area (Å²) in [5.74, 6) is -0.210. The van der Waals surface area contributed by atoms with Crippen molar-refractivity contribution in [3.8, 4) is 5.75 Å². The van der Waals surface area contributed by atoms with Gasteiger partial charge in [0.1, 0.15) is 11.4 Å². The number of hydrogen-bond acceptors (Lipinski definition) is 5. The Morgan fingerprint density at radius 1 is 1.21 bits per heavy atom. The zero-order valence-electron chi connectivity index (χ0n) is 19.2. The summed E-state index contributed by atoms with van der Waals surface area (Å²) in [6, 6.07) is 4.62. The zero-order valence-corrected chi connectivity index (χ0v) is 20.0. The number of alkyl halides is 3. The summed E-state index contributed by atoms with van der Waals surface area (Å²) < 4.78 is 66.6. The molecule has 10 heteroatoms. The molecule has 1 amide bonds. The molecule has 2 heterocycles. The number of carbonyl (C=O) groups is 1. The van der Waals surface area contributed by atoms with Gasteiger partial charge in [0, 0.05) is 11.9 Å². The molecule has 2 aromatic rings. The van der Waals surface area contributed by atoms with Crippen LogP contribution in [0.1, 0.15) is 55.2 Å². The number of aryl methyl sites for hydroxylation is 1. The van der Waals surface area contributed by atoms with Crippen LogP contribution in [0, 0.1) is 12.8 Å². The van der Waals surface area contributed by atoms with E-state index in [1.165, 1.54) is 12.1 Å². The maximum absolute atomic E-state index is 12.8. The Morgan fingerprint density at radius 3 is 2.52 bits per heavy atom. The molecule has 1 fully saturated rings. The third-order valence-corrected chi connectivity index (χ3v) is 7.54. The second-order valence-corrected chi connectivity index (χ2v) is 11.9. The van der Waals surface area contributed by atoms with Crippen LogP contribution < -0.4 is 10.1 Å². The second kappa shape index (κ2) is 9.12. The smallest absolute Gasteiger partial charge is 0.422 e. The number of halogens is 3. The van der Waals surface area contributed by atoms with Crippen LogP contribution in [-0.2, 0) is 15.3 Å². The van der Waals surface area contributed by atoms with Gasteiger partial charge in [-0.3, -0.25) is 4.79 Å². The summed E-state index contributed by atoms with van der Waals surface area (Å²) in [5.41, 5.74) is 1.56. The van der Waals surface area contributed by atoms with Gasteiger partial charge in [-0.1, -0.05) is 20.8 Å². The molecule has 0 saturated carbocycles. The number of nitrogens with one attached hydrogen (secondary N) is 1. The predicted octanol–water partition coefficient (Wildman–Crippen LogP) is 4.34. The van der Waals surface area contributed by atoms with Crippen LogP contribution in [0.15, 0.2) is 18.2 Å². The van der Waals surface area contributed by atoms with Crippen LogP contribution >= 0.6 is 0 Å². The lowest BCUT2D eigenvalue weighted by Crippen LogP contribution is -2.36. The molecule has 1 aromatic heterocycles. The number of fused-ring (bicyclic) bond motifs is 1. The van der Waals surface area contributed by atoms with E-state index in [0.717, 1.165) is 6.42 Å². The van der Waals surface area contributed by atoms with Crippen LogP contribution in [0.2, 0.25) is 0 Å². The van der Waals surface area contributed by atoms with Gasteiger partial charge in [0.15, 0.2) is 16.4 Å². The highest BCUT2D eigenvalue weighted by Crippen LogP contribution is 2.35. The molecule has 1 atom stereocenters. The fraction of sp³-hybridized carbons (Fsp3) is 0.565. The zero-order chi connectivity index (χ0) is 24.6. The number of nitrogens with zero attached hydrogens (tertiary/aromatic N) is 1. The Morgan fingerprint density at radius 2 is 1.91 bits per heavy atom. The predicted molar refractivity (Wildman–Crippen MR) is 120 cm³/mol. The molecule has 1 aliphatic heterocycles. The minimum absolute atomic E-state index is 0.0618. The average molecular weight is 487 g/mol. The molecule has 1 aliphatic rings. The first kappa shape index (κ1) is 25.3. The highest BCUT2D eigenvalue weighted by Gasteiger charge is 2.29. The molecular formula is C23H29F3N2O4S. The maximum atomic E-state index is 12.8. The Labute approximate surface area is 191 Å². The molecule has 0 spiro atoms. The van der Waals surface area contributed by atoms with Crippen molar-refractivity contribution in [3.63, 3.8) is 0 Å². The molecular weight excluding hydrogens is 457 g/mol. The van der Waals surface area contributed by atoms with Gasteiger partial charge >= 0.3 is 6.18 Å². The monoisotopic (exact) mass is 486 g/mol. The van der Waals surface area contributed by atoms with E-state index < -0.39 is 33.9 Å². The number of aromatic nitrogens is 1. The van der Waals surface area contributed by atoms with Gasteiger partial charge in [-0.2, -0.15) is 13.2 Å². The second-order valence-electron chi connectivity index (χ2n) is 9.68. The summed E-state index contributed by atoms with van der Waals surface area (Å²) in [6.45, 7) is 6.32. The SMILES string of the molecule is Cc1cc(C(=O)NC[C@H]2CCCS(=O)(=O)C2)nc2c(C(C)(C)C)cc(OCC(F)(F)F)cc12. The first-order chi connectivity index (χ1) is 15.1. The lowest BCUT2D eigenvalue weighted by molar-refractivity contribution is -0.153. The number of carbonyl (C=O) groups excluding carboxylic acids is 1. The van der Waals surface area contributed by atoms with E-state index in [-0.39, 0.29) is 35.4 Å². The first-order valence-electron chi connectivity index (χ1n) is 10.8. The van der Waals surface area contributed by atoms with Crippen LogP contribution in [0.3, 0.4) is 0 Å². The van der Waals surface area contributed by atoms with Crippen LogP contribution in [0.25, 0.3) is 10.9 Å². The van der Waals surface area contributed by atoms with Gasteiger partial charge in [0.05, 0.1) is 17.0 Å². The Hall–Kier alpha value is -2.36. The molecule has 1 saturated heterocycles. The van der Waals surface area contributed by atoms with Gasteiger partial charge < -0.3 is 10.1 Å². The molecule has 3 rings (SSSR count). The Balaban J connectivity index is 1.90. The van der Waals surface area contributed by atoms with Crippen molar-refractivity contribution >= 4 is 26.6 Å². The highest BCUT2D eigenvalue weighted by atomic mass is 32.2. The molecule has 0 unspecified atom stereocenters. The molecule has 0 radical (unpaired) electrons. The van der Waals surface area contributed by atoms with Crippen molar-refractivity contribution < 1.29 is 31.1 Å². The van der Waals surface area contributed by atoms with Crippen molar-refractivity contribution in [1.29, 1.82) is 0 Å². The Bertz CT molecular complexity index is 1150. The summed E-state index contributed by atoms with van der Waals surface area (Å²) in [7, 11) is -3.07. The van der Waals surface area contributed by atoms with Gasteiger partial charge in [-0.05, 0) is 60.4 Å². The number of ether oxygens (including phenoxy) is 1. The first-order valence-corrected chi connectivity index (χ1v) is 12.6. The van der Waals surface area contributed by atoms with E-state index in [9.17, 15) is 26.4 Å². The van der Waals surface area contributed by atoms with E-state index in [0.29, 0.717) is 28.5 Å². The molecule has 182 valence electrons. The van der Waals surface area contributed by atoms with E-state index in [4.69, 9.17) is 4.74 Å². The van der Waals surface area contributed by atoms with Gasteiger partial charge in [0.2, 0.25) is 0 Å². The normalized spacial score (nSPS) is 18.8. The van der Waals surface area contributed by atoms with Gasteiger partial charge in [0.25, 0.3) is 5.91 Å². The lowest BCUT2D eigenvalue weighted by atomic mass is 9.84. The van der Waals surface area contributed by atoms with E-state index >= 15 is 0 Å². The van der Waals surface area contributed by atoms with Crippen LogP contribution in [0.5, 0.6) is 5.75 Å². The van der Waals surface area contributed by atoms with Gasteiger partial charge in [-0.15, -0.1) is 0 Å². The fourth-order valence-corrected chi connectivity index (χ4v) is 5.78. The molecule has 6 nitrogen and oxygen atoms in total. The summed E-state index contributed by atoms with van der Waals surface area (Å²) >= 11 is 0. The quantitative estimate of drug-likeness (QED) is 0.680. The van der Waals surface area contributed by atoms with E-state index in [1.807, 2.05) is 20.8 Å². The van der Waals surface area contributed by atoms with Gasteiger partial charge in [-0.25, -0.2) is 13.4 Å². The van der Waals surface area contributed by atoms with E-state index in [2.05, 4.69) is 10.3 Å². The third kappa shape index (κ3) is 6.59. The van der Waals surface area contributed by atoms with Crippen molar-refractivity contribution in [2.45, 2.75) is 52.1 Å². The summed E-state index contributed by atoms with van der Waals surface area (Å²) in [6.07, 6.45) is -3.13. The largest absolute Gasteiger partial charge is 0.484 e. The number of pyridine rings is 1. The molecule has 0 aliphatic carbocycles. The molecule has 1 aromatic carbocycles. The van der Waals surface area contributed by atoms with Crippen LogP contribution in [-0.4, -0.2) is 50.1 Å². The minimum Gasteiger partial charge on any atom is -0.484 e. The van der Waals surface area contributed by atoms with Crippen molar-refractivity contribution in [2.75, 3.05) is 24.7 Å². The minimum atomic E-state index is -4.45. The standard InChI is InChI=1S/C23H29F3N2O4S/c1-14-8-19(21(29)27-11-15-6-5-7-33(30,31)12-15)28-20-17(14)9-16(32-13-23(24,25)26)10-18(20)22(2,3)4/h8-10,15H,5-7,11-13H2,1-4H3,(H,27,29)/t15-/m1/s1. The van der Waals surface area contributed by atoms with Crippen molar-refractivity contribution in [2.24, 2.45) is 5.92 Å². The average Bonchev–Trinajstić information content (AvgIpc) is 2.68. The maximum Gasteiger partial charge on any atom is 0.422 e. The highest BCUT2D eigenvalue weighted by molar-refractivity contribution is 7.91. The number of benzene rings is 1. The molecule has 33 heavy (non-hydrogen) atoms. The number of amides is 1. The number of hydrogen-bond donors (Lipinski definition) is 1.